The fourth-order valence-corrected chi connectivity index (χ4v) is 3.15. The lowest BCUT2D eigenvalue weighted by molar-refractivity contribution is 0.274. The first-order valence-electron chi connectivity index (χ1n) is 5.95. The number of nitrogens with zero attached hydrogens (tertiary/aromatic N) is 1. The van der Waals surface area contributed by atoms with Crippen LogP contribution >= 0.6 is 11.3 Å². The molecular weight excluding hydrogens is 228 g/mol. The van der Waals surface area contributed by atoms with E-state index in [1.54, 1.807) is 11.3 Å². The fourth-order valence-electron chi connectivity index (χ4n) is 2.39. The topological polar surface area (TPSA) is 24.9 Å². The molecule has 1 aromatic heterocycles. The zero-order valence-corrected chi connectivity index (χ0v) is 10.8. The maximum atomic E-state index is 4.42. The highest BCUT2D eigenvalue weighted by Gasteiger charge is 2.39. The Bertz CT molecular complexity index is 483. The Hall–Kier alpha value is -1.19. The van der Waals surface area contributed by atoms with Gasteiger partial charge in [-0.1, -0.05) is 29.8 Å². The van der Waals surface area contributed by atoms with E-state index in [2.05, 4.69) is 46.9 Å². The molecule has 0 spiro atoms. The summed E-state index contributed by atoms with van der Waals surface area (Å²) in [5.74, 6) is 0. The number of hydrogen-bond donors (Lipinski definition) is 1. The van der Waals surface area contributed by atoms with Gasteiger partial charge in [-0.2, -0.15) is 0 Å². The quantitative estimate of drug-likeness (QED) is 0.897. The molecular formula is C14H16N2S. The second-order valence-corrected chi connectivity index (χ2v) is 5.83. The van der Waals surface area contributed by atoms with Crippen LogP contribution in [0, 0.1) is 6.92 Å². The summed E-state index contributed by atoms with van der Waals surface area (Å²) in [6.45, 7) is 4.27. The molecule has 1 N–H and O–H groups in total. The van der Waals surface area contributed by atoms with Gasteiger partial charge in [0.1, 0.15) is 0 Å². The maximum absolute atomic E-state index is 4.42. The summed E-state index contributed by atoms with van der Waals surface area (Å²) in [5.41, 5.74) is 3.04. The molecule has 1 aromatic carbocycles. The van der Waals surface area contributed by atoms with Crippen molar-refractivity contribution in [1.82, 2.24) is 10.3 Å². The van der Waals surface area contributed by atoms with Crippen molar-refractivity contribution in [2.75, 3.05) is 13.1 Å². The van der Waals surface area contributed by atoms with E-state index in [0.29, 0.717) is 0 Å². The van der Waals surface area contributed by atoms with Crippen LogP contribution < -0.4 is 5.32 Å². The van der Waals surface area contributed by atoms with E-state index in [9.17, 15) is 0 Å². The molecule has 88 valence electrons. The molecule has 2 aromatic rings. The third-order valence-corrected chi connectivity index (χ3v) is 4.34. The average Bonchev–Trinajstić information content (AvgIpc) is 2.77. The van der Waals surface area contributed by atoms with Gasteiger partial charge < -0.3 is 5.32 Å². The summed E-state index contributed by atoms with van der Waals surface area (Å²) in [7, 11) is 0. The summed E-state index contributed by atoms with van der Waals surface area (Å²) in [4.78, 5) is 4.42. The van der Waals surface area contributed by atoms with Crippen LogP contribution in [0.4, 0.5) is 0 Å². The Balaban J connectivity index is 1.89. The molecule has 1 aliphatic rings. The minimum Gasteiger partial charge on any atom is -0.315 e. The number of rotatable bonds is 3. The lowest BCUT2D eigenvalue weighted by Gasteiger charge is -2.43. The maximum Gasteiger partial charge on any atom is 0.0934 e. The van der Waals surface area contributed by atoms with E-state index in [1.807, 2.05) is 6.20 Å². The Morgan fingerprint density at radius 1 is 1.29 bits per heavy atom. The first kappa shape index (κ1) is 10.9. The zero-order valence-electron chi connectivity index (χ0n) is 9.94. The van der Waals surface area contributed by atoms with Gasteiger partial charge in [-0.3, -0.25) is 0 Å². The van der Waals surface area contributed by atoms with Gasteiger partial charge in [0.2, 0.25) is 0 Å². The second kappa shape index (κ2) is 4.24. The van der Waals surface area contributed by atoms with Crippen LogP contribution in [0.25, 0.3) is 0 Å². The van der Waals surface area contributed by atoms with E-state index >= 15 is 0 Å². The third kappa shape index (κ3) is 2.01. The molecule has 2 nitrogen and oxygen atoms in total. The highest BCUT2D eigenvalue weighted by molar-refractivity contribution is 7.09. The lowest BCUT2D eigenvalue weighted by Crippen LogP contribution is -2.58. The molecule has 3 heteroatoms. The summed E-state index contributed by atoms with van der Waals surface area (Å²) in [6.07, 6.45) is 2.95. The van der Waals surface area contributed by atoms with E-state index in [4.69, 9.17) is 0 Å². The molecule has 0 amide bonds. The molecule has 0 radical (unpaired) electrons. The van der Waals surface area contributed by atoms with Crippen molar-refractivity contribution in [3.05, 3.63) is 52.0 Å². The third-order valence-electron chi connectivity index (χ3n) is 3.56. The Kier molecular flexibility index (Phi) is 2.73. The van der Waals surface area contributed by atoms with Gasteiger partial charge in [0.05, 0.1) is 5.01 Å². The van der Waals surface area contributed by atoms with Crippen molar-refractivity contribution in [3.63, 3.8) is 0 Å². The van der Waals surface area contributed by atoms with Crippen molar-refractivity contribution in [2.45, 2.75) is 18.8 Å². The Labute approximate surface area is 106 Å². The van der Waals surface area contributed by atoms with Crippen LogP contribution in [-0.2, 0) is 11.8 Å². The predicted octanol–water partition coefficient (Wildman–Crippen LogP) is 2.54. The Morgan fingerprint density at radius 3 is 2.59 bits per heavy atom. The minimum atomic E-state index is 0.269. The molecule has 0 unspecified atom stereocenters. The van der Waals surface area contributed by atoms with Crippen LogP contribution in [0.3, 0.4) is 0 Å². The number of nitrogens with one attached hydrogen (secondary N) is 1. The molecule has 1 aliphatic heterocycles. The van der Waals surface area contributed by atoms with Crippen LogP contribution in [0.2, 0.25) is 0 Å². The summed E-state index contributed by atoms with van der Waals surface area (Å²) < 4.78 is 0. The standard InChI is InChI=1S/C14H16N2S/c1-11-2-4-12(5-3-11)14(9-15-10-14)8-13-16-6-7-17-13/h2-7,15H,8-10H2,1H3. The van der Waals surface area contributed by atoms with Crippen molar-refractivity contribution < 1.29 is 0 Å². The van der Waals surface area contributed by atoms with E-state index in [0.717, 1.165) is 19.5 Å². The number of aromatic nitrogens is 1. The monoisotopic (exact) mass is 244 g/mol. The fraction of sp³-hybridized carbons (Fsp3) is 0.357. The minimum absolute atomic E-state index is 0.269. The van der Waals surface area contributed by atoms with Gasteiger partial charge in [-0.05, 0) is 12.5 Å². The van der Waals surface area contributed by atoms with Crippen LogP contribution in [0.5, 0.6) is 0 Å². The number of thiazole rings is 1. The van der Waals surface area contributed by atoms with Crippen molar-refractivity contribution >= 4 is 11.3 Å². The number of aryl methyl sites for hydroxylation is 1. The smallest absolute Gasteiger partial charge is 0.0934 e. The molecule has 17 heavy (non-hydrogen) atoms. The van der Waals surface area contributed by atoms with E-state index in [1.165, 1.54) is 16.1 Å². The molecule has 0 bridgehead atoms. The first-order chi connectivity index (χ1) is 8.28. The molecule has 3 rings (SSSR count). The molecule has 0 saturated carbocycles. The molecule has 1 saturated heterocycles. The highest BCUT2D eigenvalue weighted by atomic mass is 32.1. The van der Waals surface area contributed by atoms with Crippen LogP contribution in [-0.4, -0.2) is 18.1 Å². The predicted molar refractivity (Wildman–Crippen MR) is 71.5 cm³/mol. The molecule has 1 fully saturated rings. The van der Waals surface area contributed by atoms with Gasteiger partial charge in [-0.15, -0.1) is 11.3 Å². The summed E-state index contributed by atoms with van der Waals surface area (Å²) >= 11 is 1.76. The second-order valence-electron chi connectivity index (χ2n) is 4.85. The van der Waals surface area contributed by atoms with Crippen LogP contribution in [0.15, 0.2) is 35.8 Å². The van der Waals surface area contributed by atoms with Crippen molar-refractivity contribution in [3.8, 4) is 0 Å². The van der Waals surface area contributed by atoms with Crippen molar-refractivity contribution in [1.29, 1.82) is 0 Å². The normalized spacial score (nSPS) is 17.7. The number of hydrogen-bond acceptors (Lipinski definition) is 3. The van der Waals surface area contributed by atoms with Gasteiger partial charge in [0.25, 0.3) is 0 Å². The van der Waals surface area contributed by atoms with Crippen molar-refractivity contribution in [2.24, 2.45) is 0 Å². The SMILES string of the molecule is Cc1ccc(C2(Cc3nccs3)CNC2)cc1. The molecule has 2 heterocycles. The first-order valence-corrected chi connectivity index (χ1v) is 6.83. The highest BCUT2D eigenvalue weighted by Crippen LogP contribution is 2.33. The van der Waals surface area contributed by atoms with E-state index in [-0.39, 0.29) is 5.41 Å². The van der Waals surface area contributed by atoms with Gasteiger partial charge in [-0.25, -0.2) is 4.98 Å². The molecule has 0 atom stereocenters. The molecule has 0 aliphatic carbocycles. The summed E-state index contributed by atoms with van der Waals surface area (Å²) in [6, 6.07) is 8.95. The van der Waals surface area contributed by atoms with Gasteiger partial charge >= 0.3 is 0 Å². The van der Waals surface area contributed by atoms with Crippen LogP contribution in [0.1, 0.15) is 16.1 Å². The van der Waals surface area contributed by atoms with E-state index < -0.39 is 0 Å². The zero-order chi connectivity index (χ0) is 11.7. The largest absolute Gasteiger partial charge is 0.315 e. The Morgan fingerprint density at radius 2 is 2.06 bits per heavy atom. The number of benzene rings is 1. The van der Waals surface area contributed by atoms with Gasteiger partial charge in [0.15, 0.2) is 0 Å². The van der Waals surface area contributed by atoms with Gasteiger partial charge in [0, 0.05) is 36.5 Å². The lowest BCUT2D eigenvalue weighted by atomic mass is 9.72. The summed E-state index contributed by atoms with van der Waals surface area (Å²) in [5, 5.41) is 6.71. The average molecular weight is 244 g/mol.